The van der Waals surface area contributed by atoms with Crippen molar-refractivity contribution in [2.24, 2.45) is 0 Å². The summed E-state index contributed by atoms with van der Waals surface area (Å²) in [5, 5.41) is 0.709. The highest BCUT2D eigenvalue weighted by Gasteiger charge is 2.37. The van der Waals surface area contributed by atoms with Crippen molar-refractivity contribution in [2.75, 3.05) is 19.5 Å². The van der Waals surface area contributed by atoms with Gasteiger partial charge in [-0.1, -0.05) is 52.3 Å². The summed E-state index contributed by atoms with van der Waals surface area (Å²) in [6, 6.07) is 10.4. The Morgan fingerprint density at radius 3 is 2.44 bits per heavy atom. The first-order valence-electron chi connectivity index (χ1n) is 5.87. The van der Waals surface area contributed by atoms with Crippen molar-refractivity contribution in [1.29, 1.82) is 0 Å². The Balaban J connectivity index is 2.37. The van der Waals surface area contributed by atoms with Crippen LogP contribution in [0.2, 0.25) is 0 Å². The van der Waals surface area contributed by atoms with E-state index in [1.807, 2.05) is 24.3 Å². The summed E-state index contributed by atoms with van der Waals surface area (Å²) >= 11 is 3.54. The van der Waals surface area contributed by atoms with Gasteiger partial charge in [0.2, 0.25) is 0 Å². The first-order valence-corrected chi connectivity index (χ1v) is 7.00. The summed E-state index contributed by atoms with van der Waals surface area (Å²) in [6.45, 7) is 0. The van der Waals surface area contributed by atoms with Crippen LogP contribution in [0.4, 0.5) is 0 Å². The van der Waals surface area contributed by atoms with E-state index in [9.17, 15) is 0 Å². The fourth-order valence-corrected chi connectivity index (χ4v) is 2.93. The van der Waals surface area contributed by atoms with Crippen LogP contribution in [0.3, 0.4) is 0 Å². The Morgan fingerprint density at radius 2 is 1.89 bits per heavy atom. The highest BCUT2D eigenvalue weighted by Crippen LogP contribution is 2.38. The molecule has 0 spiro atoms. The molecule has 96 valence electrons. The fourth-order valence-electron chi connectivity index (χ4n) is 2.23. The Kier molecular flexibility index (Phi) is 4.25. The van der Waals surface area contributed by atoms with E-state index in [-0.39, 0.29) is 0 Å². The summed E-state index contributed by atoms with van der Waals surface area (Å²) in [5.41, 5.74) is 2.08. The summed E-state index contributed by atoms with van der Waals surface area (Å²) in [7, 11) is 3.41. The Morgan fingerprint density at radius 1 is 1.17 bits per heavy atom. The molecule has 1 aliphatic rings. The maximum absolute atomic E-state index is 5.70. The lowest BCUT2D eigenvalue weighted by Gasteiger charge is -2.35. The number of halogens is 1. The van der Waals surface area contributed by atoms with E-state index in [0.717, 1.165) is 12.2 Å². The number of rotatable bonds is 4. The molecule has 0 saturated carbocycles. The van der Waals surface area contributed by atoms with Crippen molar-refractivity contribution in [1.82, 2.24) is 0 Å². The molecule has 2 nitrogen and oxygen atoms in total. The largest absolute Gasteiger partial charge is 0.498 e. The predicted molar refractivity (Wildman–Crippen MR) is 77.7 cm³/mol. The van der Waals surface area contributed by atoms with Gasteiger partial charge >= 0.3 is 0 Å². The van der Waals surface area contributed by atoms with Crippen molar-refractivity contribution in [2.45, 2.75) is 12.0 Å². The summed E-state index contributed by atoms with van der Waals surface area (Å²) in [6.07, 6.45) is 4.91. The second kappa shape index (κ2) is 5.72. The normalized spacial score (nSPS) is 23.3. The van der Waals surface area contributed by atoms with Gasteiger partial charge in [-0.05, 0) is 17.2 Å². The highest BCUT2D eigenvalue weighted by atomic mass is 79.9. The Hall–Kier alpha value is -1.06. The number of hydrogen-bond acceptors (Lipinski definition) is 2. The zero-order valence-electron chi connectivity index (χ0n) is 10.7. The van der Waals surface area contributed by atoms with Gasteiger partial charge in [-0.2, -0.15) is 0 Å². The van der Waals surface area contributed by atoms with E-state index < -0.39 is 5.60 Å². The van der Waals surface area contributed by atoms with Gasteiger partial charge < -0.3 is 9.47 Å². The van der Waals surface area contributed by atoms with Gasteiger partial charge in [0.25, 0.3) is 0 Å². The van der Waals surface area contributed by atoms with E-state index in [1.165, 1.54) is 11.1 Å². The molecule has 0 aliphatic heterocycles. The van der Waals surface area contributed by atoms with Crippen molar-refractivity contribution in [3.05, 3.63) is 53.8 Å². The van der Waals surface area contributed by atoms with Gasteiger partial charge in [0.05, 0.1) is 7.11 Å². The molecule has 0 fully saturated rings. The molecule has 1 aromatic rings. The summed E-state index contributed by atoms with van der Waals surface area (Å²) in [5.74, 6) is 0.863. The van der Waals surface area contributed by atoms with Gasteiger partial charge in [-0.3, -0.25) is 0 Å². The molecule has 1 aromatic carbocycles. The average Bonchev–Trinajstić information content (AvgIpc) is 2.47. The molecule has 0 heterocycles. The van der Waals surface area contributed by atoms with Crippen LogP contribution < -0.4 is 0 Å². The van der Waals surface area contributed by atoms with E-state index in [4.69, 9.17) is 9.47 Å². The third kappa shape index (κ3) is 2.38. The molecule has 0 amide bonds. The number of methoxy groups -OCH3 is 2. The summed E-state index contributed by atoms with van der Waals surface area (Å²) in [4.78, 5) is 0. The number of benzene rings is 1. The van der Waals surface area contributed by atoms with E-state index >= 15 is 0 Å². The molecule has 2 rings (SSSR count). The average molecular weight is 309 g/mol. The maximum Gasteiger partial charge on any atom is 0.138 e. The minimum atomic E-state index is -0.408. The number of allylic oxidation sites excluding steroid dienone is 2. The summed E-state index contributed by atoms with van der Waals surface area (Å²) < 4.78 is 11.1. The van der Waals surface area contributed by atoms with Gasteiger partial charge in [0, 0.05) is 18.9 Å². The monoisotopic (exact) mass is 308 g/mol. The lowest BCUT2D eigenvalue weighted by atomic mass is 9.86. The van der Waals surface area contributed by atoms with Gasteiger partial charge in [0.15, 0.2) is 0 Å². The first kappa shape index (κ1) is 13.4. The lowest BCUT2D eigenvalue weighted by molar-refractivity contribution is 0.00287. The maximum atomic E-state index is 5.70. The van der Waals surface area contributed by atoms with Crippen molar-refractivity contribution in [3.63, 3.8) is 0 Å². The third-order valence-electron chi connectivity index (χ3n) is 3.33. The van der Waals surface area contributed by atoms with E-state index in [0.29, 0.717) is 5.33 Å². The molecule has 1 unspecified atom stereocenters. The minimum Gasteiger partial charge on any atom is -0.498 e. The van der Waals surface area contributed by atoms with Crippen LogP contribution in [0, 0.1) is 0 Å². The third-order valence-corrected chi connectivity index (χ3v) is 4.24. The van der Waals surface area contributed by atoms with Crippen molar-refractivity contribution in [3.8, 4) is 0 Å². The zero-order valence-corrected chi connectivity index (χ0v) is 12.2. The number of ether oxygens (including phenoxy) is 2. The van der Waals surface area contributed by atoms with Crippen LogP contribution in [0.5, 0.6) is 0 Å². The fraction of sp³-hybridized carbons (Fsp3) is 0.333. The molecule has 0 radical (unpaired) electrons. The zero-order chi connectivity index (χ0) is 13.0. The smallest absolute Gasteiger partial charge is 0.138 e. The highest BCUT2D eigenvalue weighted by molar-refractivity contribution is 9.09. The van der Waals surface area contributed by atoms with Crippen molar-refractivity contribution >= 4 is 21.5 Å². The van der Waals surface area contributed by atoms with Gasteiger partial charge in [-0.15, -0.1) is 0 Å². The van der Waals surface area contributed by atoms with Crippen LogP contribution >= 0.6 is 15.9 Å². The predicted octanol–water partition coefficient (Wildman–Crippen LogP) is 3.78. The van der Waals surface area contributed by atoms with Gasteiger partial charge in [0.1, 0.15) is 11.4 Å². The molecule has 0 bridgehead atoms. The number of alkyl halides is 1. The molecule has 0 N–H and O–H groups in total. The van der Waals surface area contributed by atoms with E-state index in [1.54, 1.807) is 14.2 Å². The SMILES string of the molecule is COC1=CC=C(c2ccccc2)CC1(CBr)OC. The molecule has 0 saturated heterocycles. The van der Waals surface area contributed by atoms with Crippen LogP contribution in [0.25, 0.3) is 5.57 Å². The minimum absolute atomic E-state index is 0.408. The van der Waals surface area contributed by atoms with E-state index in [2.05, 4.69) is 34.1 Å². The van der Waals surface area contributed by atoms with Crippen LogP contribution in [0.1, 0.15) is 12.0 Å². The molecule has 1 aliphatic carbocycles. The molecule has 0 aromatic heterocycles. The quantitative estimate of drug-likeness (QED) is 0.788. The lowest BCUT2D eigenvalue weighted by Crippen LogP contribution is -2.38. The van der Waals surface area contributed by atoms with Crippen LogP contribution in [-0.2, 0) is 9.47 Å². The second-order valence-electron chi connectivity index (χ2n) is 4.30. The Bertz CT molecular complexity index is 459. The van der Waals surface area contributed by atoms with Crippen LogP contribution in [0.15, 0.2) is 48.2 Å². The van der Waals surface area contributed by atoms with Gasteiger partial charge in [-0.25, -0.2) is 0 Å². The molecule has 18 heavy (non-hydrogen) atoms. The van der Waals surface area contributed by atoms with Crippen LogP contribution in [-0.4, -0.2) is 25.2 Å². The molecule has 3 heteroatoms. The molecular formula is C15H17BrO2. The number of hydrogen-bond donors (Lipinski definition) is 0. The first-order chi connectivity index (χ1) is 8.75. The van der Waals surface area contributed by atoms with Crippen molar-refractivity contribution < 1.29 is 9.47 Å². The molecular weight excluding hydrogens is 292 g/mol. The second-order valence-corrected chi connectivity index (χ2v) is 4.86. The Labute approximate surface area is 116 Å². The standard InChI is InChI=1S/C15H17BrO2/c1-17-14-9-8-13(10-15(14,11-16)18-2)12-6-4-3-5-7-12/h3-9H,10-11H2,1-2H3. The molecule has 1 atom stereocenters. The topological polar surface area (TPSA) is 18.5 Å².